The molecule has 3 aliphatic rings. The molecule has 2 heterocycles. The van der Waals surface area contributed by atoms with Crippen molar-refractivity contribution in [2.24, 2.45) is 0 Å². The minimum Gasteiger partial charge on any atom is -0.386 e. The summed E-state index contributed by atoms with van der Waals surface area (Å²) in [5.41, 5.74) is 1.70. The van der Waals surface area contributed by atoms with E-state index >= 15 is 0 Å². The summed E-state index contributed by atoms with van der Waals surface area (Å²) in [4.78, 5) is 56.6. The predicted molar refractivity (Wildman–Crippen MR) is 208 cm³/mol. The van der Waals surface area contributed by atoms with Crippen molar-refractivity contribution in [1.29, 1.82) is 0 Å². The van der Waals surface area contributed by atoms with Gasteiger partial charge in [0, 0.05) is 43.9 Å². The van der Waals surface area contributed by atoms with E-state index < -0.39 is 43.4 Å². The van der Waals surface area contributed by atoms with Crippen LogP contribution in [0.5, 0.6) is 0 Å². The van der Waals surface area contributed by atoms with E-state index in [-0.39, 0.29) is 91.0 Å². The highest BCUT2D eigenvalue weighted by atomic mass is 32.2. The summed E-state index contributed by atoms with van der Waals surface area (Å²) < 4.78 is 64.7. The monoisotopic (exact) mass is 781 g/mol. The summed E-state index contributed by atoms with van der Waals surface area (Å²) in [7, 11) is -8.85. The second kappa shape index (κ2) is 11.8. The zero-order valence-corrected chi connectivity index (χ0v) is 31.8. The maximum Gasteiger partial charge on any atom is 0.346 e. The van der Waals surface area contributed by atoms with Crippen LogP contribution in [-0.4, -0.2) is 51.5 Å². The molecule has 0 radical (unpaired) electrons. The van der Waals surface area contributed by atoms with Crippen LogP contribution < -0.4 is 0 Å². The fourth-order valence-corrected chi connectivity index (χ4v) is 12.0. The maximum atomic E-state index is 15.0. The van der Waals surface area contributed by atoms with Gasteiger partial charge < -0.3 is 4.74 Å². The predicted octanol–water partition coefficient (Wildman–Crippen LogP) is 8.26. The number of benzene rings is 7. The number of cyclic esters (lactones) is 2. The van der Waals surface area contributed by atoms with Crippen molar-refractivity contribution in [3.8, 4) is 0 Å². The molecule has 2 amide bonds. The number of rotatable bonds is 5. The Hall–Kier alpha value is -5.98. The number of hydrogen-bond donors (Lipinski definition) is 0. The van der Waals surface area contributed by atoms with Crippen LogP contribution in [0, 0.1) is 13.8 Å². The van der Waals surface area contributed by atoms with E-state index in [4.69, 9.17) is 4.74 Å². The smallest absolute Gasteiger partial charge is 0.346 e. The lowest BCUT2D eigenvalue weighted by atomic mass is 9.82. The molecule has 1 fully saturated rings. The first-order valence-corrected chi connectivity index (χ1v) is 21.3. The molecule has 2 aliphatic heterocycles. The van der Waals surface area contributed by atoms with Gasteiger partial charge in [-0.05, 0) is 86.0 Å². The maximum absolute atomic E-state index is 15.0. The van der Waals surface area contributed by atoms with Crippen LogP contribution >= 0.6 is 0 Å². The first kappa shape index (κ1) is 34.5. The average molecular weight is 782 g/mol. The van der Waals surface area contributed by atoms with E-state index in [0.29, 0.717) is 12.8 Å². The molecule has 0 N–H and O–H groups in total. The van der Waals surface area contributed by atoms with Crippen molar-refractivity contribution in [2.45, 2.75) is 71.6 Å². The van der Waals surface area contributed by atoms with E-state index in [1.54, 1.807) is 36.4 Å². The number of ether oxygens (including phenoxy) is 1. The van der Waals surface area contributed by atoms with E-state index in [0.717, 1.165) is 30.4 Å². The van der Waals surface area contributed by atoms with Crippen LogP contribution in [0.3, 0.4) is 0 Å². The minimum absolute atomic E-state index is 0.00403. The molecule has 10 rings (SSSR count). The number of sulfone groups is 2. The fourth-order valence-electron chi connectivity index (χ4n) is 9.04. The number of nitrogens with zero attached hydrogens (tertiary/aromatic N) is 1. The Kier molecular flexibility index (Phi) is 7.25. The topological polar surface area (TPSA) is 149 Å². The molecule has 1 saturated carbocycles. The van der Waals surface area contributed by atoms with Gasteiger partial charge in [0.25, 0.3) is 11.8 Å². The minimum atomic E-state index is -4.43. The Morgan fingerprint density at radius 2 is 0.946 bits per heavy atom. The highest BCUT2D eigenvalue weighted by molar-refractivity contribution is 7.92. The van der Waals surface area contributed by atoms with E-state index in [1.165, 1.54) is 53.4 Å². The molecular weight excluding hydrogens is 751 g/mol. The summed E-state index contributed by atoms with van der Waals surface area (Å²) >= 11 is 0. The van der Waals surface area contributed by atoms with Gasteiger partial charge >= 0.3 is 11.9 Å². The number of carbonyl (C=O) groups is 4. The van der Waals surface area contributed by atoms with Gasteiger partial charge in [0.2, 0.25) is 19.7 Å². The molecule has 56 heavy (non-hydrogen) atoms. The fraction of sp³-hybridized carbons (Fsp3) is 0.182. The molecule has 0 bridgehead atoms. The Balaban J connectivity index is 1.44. The molecule has 12 heteroatoms. The van der Waals surface area contributed by atoms with E-state index in [1.807, 2.05) is 13.8 Å². The number of amides is 2. The number of esters is 2. The molecule has 278 valence electrons. The molecule has 0 saturated heterocycles. The second-order valence-corrected chi connectivity index (χ2v) is 18.8. The summed E-state index contributed by atoms with van der Waals surface area (Å²) in [6, 6.07) is 20.8. The molecule has 0 unspecified atom stereocenters. The lowest BCUT2D eigenvalue weighted by Crippen LogP contribution is -2.47. The Morgan fingerprint density at radius 3 is 1.48 bits per heavy atom. The van der Waals surface area contributed by atoms with E-state index in [9.17, 15) is 36.0 Å². The van der Waals surface area contributed by atoms with Crippen LogP contribution in [-0.2, 0) is 24.4 Å². The van der Waals surface area contributed by atoms with Gasteiger partial charge in [-0.2, -0.15) is 0 Å². The summed E-state index contributed by atoms with van der Waals surface area (Å²) in [6.07, 6.45) is 3.92. The van der Waals surface area contributed by atoms with Crippen LogP contribution in [0.25, 0.3) is 43.1 Å². The van der Waals surface area contributed by atoms with Crippen LogP contribution in [0.1, 0.15) is 84.7 Å². The number of carbonyl (C=O) groups excluding carboxylic acids is 4. The molecular formula is C44H31NO9S2. The third-order valence-electron chi connectivity index (χ3n) is 11.7. The molecule has 7 aromatic rings. The molecule has 10 nitrogen and oxygen atoms in total. The quantitative estimate of drug-likeness (QED) is 0.0553. The van der Waals surface area contributed by atoms with Crippen LogP contribution in [0.4, 0.5) is 0 Å². The Bertz CT molecular complexity index is 3200. The second-order valence-electron chi connectivity index (χ2n) is 15.0. The third kappa shape index (κ3) is 4.59. The Morgan fingerprint density at radius 1 is 0.500 bits per heavy atom. The standard InChI is InChI=1S/C44H31NO9S2/c1-22-8-12-25(13-9-22)55(50,51)33-20-31-35-29(41(46)45(42(31)47)24-6-4-3-5-7-24)18-16-27-38-34(56(52,53)26-14-10-23(2)11-15-26)21-32-36-30(43(48)54-44(32)49)19-17-28(40(36)38)37(33)39(27)35/h8-21,24H,3-7H2,1-2H3. The number of aryl methyl sites for hydroxylation is 2. The number of fused-ring (bicyclic) bond motifs is 2. The van der Waals surface area contributed by atoms with Gasteiger partial charge in [0.05, 0.1) is 36.3 Å². The van der Waals surface area contributed by atoms with Gasteiger partial charge in [-0.25, -0.2) is 26.4 Å². The van der Waals surface area contributed by atoms with Gasteiger partial charge in [0.1, 0.15) is 0 Å². The zero-order valence-electron chi connectivity index (χ0n) is 30.1. The van der Waals surface area contributed by atoms with Crippen molar-refractivity contribution >= 4 is 86.5 Å². The van der Waals surface area contributed by atoms with Crippen molar-refractivity contribution in [1.82, 2.24) is 4.90 Å². The molecule has 0 aromatic heterocycles. The number of hydrogen-bond acceptors (Lipinski definition) is 9. The largest absolute Gasteiger partial charge is 0.386 e. The number of imide groups is 1. The normalized spacial score (nSPS) is 16.5. The summed E-state index contributed by atoms with van der Waals surface area (Å²) in [5.74, 6) is -3.10. The highest BCUT2D eigenvalue weighted by Gasteiger charge is 2.42. The molecule has 7 aromatic carbocycles. The van der Waals surface area contributed by atoms with Gasteiger partial charge in [-0.3, -0.25) is 14.5 Å². The Labute approximate surface area is 320 Å². The van der Waals surface area contributed by atoms with Crippen molar-refractivity contribution in [3.63, 3.8) is 0 Å². The lowest BCUT2D eigenvalue weighted by molar-refractivity contribution is 0.0388. The zero-order chi connectivity index (χ0) is 39.0. The van der Waals surface area contributed by atoms with Crippen molar-refractivity contribution in [3.05, 3.63) is 118 Å². The van der Waals surface area contributed by atoms with Gasteiger partial charge in [-0.15, -0.1) is 0 Å². The van der Waals surface area contributed by atoms with E-state index in [2.05, 4.69) is 0 Å². The van der Waals surface area contributed by atoms with Crippen molar-refractivity contribution in [2.75, 3.05) is 0 Å². The third-order valence-corrected chi connectivity index (χ3v) is 15.3. The SMILES string of the molecule is Cc1ccc(S(=O)(=O)c2cc3c4c(ccc5c6c(S(=O)(=O)c7ccc(C)cc7)cc7c8c(ccc(c2c45)c86)C(=O)N(C2CCCCC2)C7=O)C(=O)OC3=O)cc1. The van der Waals surface area contributed by atoms with Crippen molar-refractivity contribution < 1.29 is 40.8 Å². The summed E-state index contributed by atoms with van der Waals surface area (Å²) in [5, 5.41) is 1.44. The lowest BCUT2D eigenvalue weighted by Gasteiger charge is -2.36. The van der Waals surface area contributed by atoms with Crippen LogP contribution in [0.15, 0.2) is 105 Å². The van der Waals surface area contributed by atoms with Gasteiger partial charge in [-0.1, -0.05) is 66.8 Å². The average Bonchev–Trinajstić information content (AvgIpc) is 3.18. The molecule has 1 aliphatic carbocycles. The van der Waals surface area contributed by atoms with Gasteiger partial charge in [0.15, 0.2) is 0 Å². The summed E-state index contributed by atoms with van der Waals surface area (Å²) in [6.45, 7) is 3.65. The first-order valence-electron chi connectivity index (χ1n) is 18.3. The highest BCUT2D eigenvalue weighted by Crippen LogP contribution is 2.51. The van der Waals surface area contributed by atoms with Crippen LogP contribution in [0.2, 0.25) is 0 Å². The molecule has 0 spiro atoms. The first-order chi connectivity index (χ1) is 26.8. The molecule has 0 atom stereocenters.